The number of hydrogen-bond donors (Lipinski definition) is 3. The number of aromatic nitrogens is 4. The summed E-state index contributed by atoms with van der Waals surface area (Å²) in [5, 5.41) is 26.3. The fourth-order valence-electron chi connectivity index (χ4n) is 2.22. The largest absolute Gasteiger partial charge is 0.507 e. The van der Waals surface area contributed by atoms with E-state index in [2.05, 4.69) is 20.2 Å². The average Bonchev–Trinajstić information content (AvgIpc) is 2.91. The Morgan fingerprint density at radius 2 is 2.09 bits per heavy atom. The molecule has 0 atom stereocenters. The zero-order valence-electron chi connectivity index (χ0n) is 12.1. The van der Waals surface area contributed by atoms with Crippen molar-refractivity contribution in [1.82, 2.24) is 20.2 Å². The highest BCUT2D eigenvalue weighted by Gasteiger charge is 2.16. The van der Waals surface area contributed by atoms with Crippen molar-refractivity contribution in [2.75, 3.05) is 5.73 Å². The lowest BCUT2D eigenvalue weighted by Crippen LogP contribution is -2.02. The first-order chi connectivity index (χ1) is 10.5. The highest BCUT2D eigenvalue weighted by molar-refractivity contribution is 5.98. The van der Waals surface area contributed by atoms with Crippen molar-refractivity contribution in [3.63, 3.8) is 0 Å². The van der Waals surface area contributed by atoms with Gasteiger partial charge in [0.25, 0.3) is 0 Å². The first-order valence-corrected chi connectivity index (χ1v) is 6.76. The lowest BCUT2D eigenvalue weighted by Gasteiger charge is -2.06. The molecule has 3 rings (SSSR count). The van der Waals surface area contributed by atoms with E-state index in [0.29, 0.717) is 33.9 Å². The number of nitrogens with two attached hydrogens (primary N) is 1. The van der Waals surface area contributed by atoms with Crippen LogP contribution in [-0.2, 0) is 0 Å². The van der Waals surface area contributed by atoms with Crippen molar-refractivity contribution in [3.05, 3.63) is 29.6 Å². The Hall–Kier alpha value is -3.14. The summed E-state index contributed by atoms with van der Waals surface area (Å²) in [5.74, 6) is 1.01. The summed E-state index contributed by atoms with van der Waals surface area (Å²) >= 11 is 0. The predicted octanol–water partition coefficient (Wildman–Crippen LogP) is 2.30. The minimum Gasteiger partial charge on any atom is -0.507 e. The first kappa shape index (κ1) is 13.8. The Kier molecular flexibility index (Phi) is 3.14. The van der Waals surface area contributed by atoms with E-state index in [1.165, 1.54) is 12.1 Å². The van der Waals surface area contributed by atoms with E-state index in [0.717, 1.165) is 0 Å². The molecule has 7 nitrogen and oxygen atoms in total. The van der Waals surface area contributed by atoms with Crippen LogP contribution in [0.2, 0.25) is 0 Å². The highest BCUT2D eigenvalue weighted by atomic mass is 16.3. The number of aromatic hydroxyl groups is 1. The number of anilines is 1. The molecule has 3 aromatic rings. The van der Waals surface area contributed by atoms with Crippen molar-refractivity contribution < 1.29 is 5.11 Å². The van der Waals surface area contributed by atoms with Crippen LogP contribution in [0.1, 0.15) is 31.2 Å². The van der Waals surface area contributed by atoms with Gasteiger partial charge in [0.15, 0.2) is 5.65 Å². The lowest BCUT2D eigenvalue weighted by atomic mass is 10.1. The number of hydrogen-bond acceptors (Lipinski definition) is 6. The maximum absolute atomic E-state index is 9.83. The molecule has 0 saturated heterocycles. The molecule has 1 aromatic carbocycles. The second-order valence-corrected chi connectivity index (χ2v) is 5.26. The molecule has 0 aliphatic carbocycles. The summed E-state index contributed by atoms with van der Waals surface area (Å²) in [6, 6.07) is 6.65. The van der Waals surface area contributed by atoms with Gasteiger partial charge in [-0.2, -0.15) is 10.4 Å². The van der Waals surface area contributed by atoms with Gasteiger partial charge < -0.3 is 10.8 Å². The van der Waals surface area contributed by atoms with Crippen molar-refractivity contribution >= 4 is 16.9 Å². The number of phenols is 1. The molecular weight excluding hydrogens is 280 g/mol. The fraction of sp³-hybridized carbons (Fsp3) is 0.200. The molecule has 0 unspecified atom stereocenters. The van der Waals surface area contributed by atoms with Crippen molar-refractivity contribution in [2.45, 2.75) is 19.8 Å². The SMILES string of the molecule is CC(C)c1nc(N)c2c(-c3ccc(C#N)c(O)c3)[nH]nc2n1. The summed E-state index contributed by atoms with van der Waals surface area (Å²) < 4.78 is 0. The third kappa shape index (κ3) is 2.11. The van der Waals surface area contributed by atoms with Gasteiger partial charge in [0.05, 0.1) is 16.6 Å². The Balaban J connectivity index is 2.21. The minimum atomic E-state index is -0.0963. The standard InChI is InChI=1S/C15H14N6O/c1-7(2)14-18-13(17)11-12(20-21-15(11)19-14)8-3-4-9(6-16)10(22)5-8/h3-5,7,22H,1-2H3,(H3,17,18,19,20,21). The number of fused-ring (bicyclic) bond motifs is 1. The van der Waals surface area contributed by atoms with Gasteiger partial charge in [0.2, 0.25) is 0 Å². The number of nitriles is 1. The number of aromatic amines is 1. The molecule has 110 valence electrons. The Labute approximate surface area is 126 Å². The minimum absolute atomic E-state index is 0.0963. The van der Waals surface area contributed by atoms with E-state index in [-0.39, 0.29) is 17.2 Å². The van der Waals surface area contributed by atoms with Crippen molar-refractivity contribution in [3.8, 4) is 23.1 Å². The van der Waals surface area contributed by atoms with Crippen LogP contribution in [0.4, 0.5) is 5.82 Å². The molecule has 2 aromatic heterocycles. The van der Waals surface area contributed by atoms with E-state index >= 15 is 0 Å². The molecule has 0 saturated carbocycles. The third-order valence-electron chi connectivity index (χ3n) is 3.38. The molecule has 0 radical (unpaired) electrons. The molecular formula is C15H14N6O. The van der Waals surface area contributed by atoms with E-state index < -0.39 is 0 Å². The van der Waals surface area contributed by atoms with E-state index in [1.54, 1.807) is 6.07 Å². The molecule has 0 spiro atoms. The van der Waals surface area contributed by atoms with Crippen molar-refractivity contribution in [2.24, 2.45) is 0 Å². The maximum Gasteiger partial charge on any atom is 0.187 e. The summed E-state index contributed by atoms with van der Waals surface area (Å²) in [7, 11) is 0. The van der Waals surface area contributed by atoms with Crippen LogP contribution in [-0.4, -0.2) is 25.3 Å². The van der Waals surface area contributed by atoms with Crippen LogP contribution in [0.3, 0.4) is 0 Å². The molecule has 0 amide bonds. The quantitative estimate of drug-likeness (QED) is 0.666. The van der Waals surface area contributed by atoms with Gasteiger partial charge in [-0.05, 0) is 12.1 Å². The van der Waals surface area contributed by atoms with Crippen molar-refractivity contribution in [1.29, 1.82) is 5.26 Å². The zero-order chi connectivity index (χ0) is 15.9. The Morgan fingerprint density at radius 1 is 1.32 bits per heavy atom. The number of phenolic OH excluding ortho intramolecular Hbond substituents is 1. The number of nitrogens with zero attached hydrogens (tertiary/aromatic N) is 4. The summed E-state index contributed by atoms with van der Waals surface area (Å²) in [6.45, 7) is 3.96. The topological polar surface area (TPSA) is 124 Å². The normalized spacial score (nSPS) is 11.0. The van der Waals surface area contributed by atoms with Crippen LogP contribution >= 0.6 is 0 Å². The number of H-pyrrole nitrogens is 1. The van der Waals surface area contributed by atoms with Gasteiger partial charge in [-0.1, -0.05) is 19.9 Å². The molecule has 0 bridgehead atoms. The zero-order valence-corrected chi connectivity index (χ0v) is 12.1. The molecule has 4 N–H and O–H groups in total. The Morgan fingerprint density at radius 3 is 2.73 bits per heavy atom. The first-order valence-electron chi connectivity index (χ1n) is 6.76. The summed E-state index contributed by atoms with van der Waals surface area (Å²) in [5.41, 5.74) is 8.01. The van der Waals surface area contributed by atoms with Crippen LogP contribution < -0.4 is 5.73 Å². The summed E-state index contributed by atoms with van der Waals surface area (Å²) in [6.07, 6.45) is 0. The maximum atomic E-state index is 9.83. The lowest BCUT2D eigenvalue weighted by molar-refractivity contribution is 0.474. The van der Waals surface area contributed by atoms with Gasteiger partial charge >= 0.3 is 0 Å². The molecule has 0 fully saturated rings. The van der Waals surface area contributed by atoms with Crippen LogP contribution in [0.5, 0.6) is 5.75 Å². The third-order valence-corrected chi connectivity index (χ3v) is 3.38. The highest BCUT2D eigenvalue weighted by Crippen LogP contribution is 2.32. The monoisotopic (exact) mass is 294 g/mol. The van der Waals surface area contributed by atoms with E-state index in [9.17, 15) is 5.11 Å². The fourth-order valence-corrected chi connectivity index (χ4v) is 2.22. The van der Waals surface area contributed by atoms with Crippen LogP contribution in [0.15, 0.2) is 18.2 Å². The van der Waals surface area contributed by atoms with Gasteiger partial charge in [-0.3, -0.25) is 5.10 Å². The molecule has 0 aliphatic rings. The van der Waals surface area contributed by atoms with Gasteiger partial charge in [0.1, 0.15) is 23.5 Å². The summed E-state index contributed by atoms with van der Waals surface area (Å²) in [4.78, 5) is 8.70. The molecule has 22 heavy (non-hydrogen) atoms. The average molecular weight is 294 g/mol. The van der Waals surface area contributed by atoms with Gasteiger partial charge in [-0.15, -0.1) is 0 Å². The smallest absolute Gasteiger partial charge is 0.187 e. The molecule has 0 aliphatic heterocycles. The molecule has 2 heterocycles. The predicted molar refractivity (Wildman–Crippen MR) is 82.0 cm³/mol. The van der Waals surface area contributed by atoms with Crippen LogP contribution in [0, 0.1) is 11.3 Å². The number of nitrogens with one attached hydrogen (secondary N) is 1. The second kappa shape index (κ2) is 5.00. The Bertz CT molecular complexity index is 906. The van der Waals surface area contributed by atoms with Crippen LogP contribution in [0.25, 0.3) is 22.3 Å². The molecule has 7 heteroatoms. The van der Waals surface area contributed by atoms with E-state index in [1.807, 2.05) is 19.9 Å². The number of nitrogen functional groups attached to an aromatic ring is 1. The number of rotatable bonds is 2. The van der Waals surface area contributed by atoms with Gasteiger partial charge in [-0.25, -0.2) is 9.97 Å². The van der Waals surface area contributed by atoms with Gasteiger partial charge in [0, 0.05) is 11.5 Å². The number of benzene rings is 1. The second-order valence-electron chi connectivity index (χ2n) is 5.26. The van der Waals surface area contributed by atoms with E-state index in [4.69, 9.17) is 11.0 Å².